The third-order valence-corrected chi connectivity index (χ3v) is 5.49. The monoisotopic (exact) mass is 352 g/mol. The van der Waals surface area contributed by atoms with Gasteiger partial charge in [0.25, 0.3) is 0 Å². The van der Waals surface area contributed by atoms with Crippen LogP contribution in [0.4, 0.5) is 4.39 Å². The molecule has 1 aromatic carbocycles. The fourth-order valence-electron chi connectivity index (χ4n) is 1.47. The van der Waals surface area contributed by atoms with E-state index in [1.54, 1.807) is 17.4 Å². The van der Waals surface area contributed by atoms with Gasteiger partial charge in [0.1, 0.15) is 5.82 Å². The molecule has 2 rings (SSSR count). The Morgan fingerprint density at radius 3 is 2.59 bits per heavy atom. The zero-order chi connectivity index (χ0) is 12.6. The van der Waals surface area contributed by atoms with Crippen molar-refractivity contribution in [2.75, 3.05) is 0 Å². The second-order valence-electron chi connectivity index (χ2n) is 3.63. The summed E-state index contributed by atoms with van der Waals surface area (Å²) in [6, 6.07) is 6.28. The normalized spacial score (nSPS) is 12.8. The van der Waals surface area contributed by atoms with Crippen LogP contribution in [0, 0.1) is 12.7 Å². The van der Waals surface area contributed by atoms with Gasteiger partial charge in [-0.15, -0.1) is 22.9 Å². The molecule has 0 aliphatic heterocycles. The van der Waals surface area contributed by atoms with Crippen LogP contribution in [0.15, 0.2) is 28.1 Å². The molecule has 0 aliphatic rings. The molecule has 0 bridgehead atoms. The van der Waals surface area contributed by atoms with Gasteiger partial charge < -0.3 is 0 Å². The fraction of sp³-hybridized carbons (Fsp3) is 0.167. The van der Waals surface area contributed by atoms with Gasteiger partial charge >= 0.3 is 0 Å². The molecule has 0 spiro atoms. The molecule has 0 saturated carbocycles. The molecular weight excluding hydrogens is 346 g/mol. The average Bonchev–Trinajstić information content (AvgIpc) is 2.58. The number of hydrogen-bond acceptors (Lipinski definition) is 1. The van der Waals surface area contributed by atoms with Crippen LogP contribution in [0.25, 0.3) is 0 Å². The molecule has 0 N–H and O–H groups in total. The minimum Gasteiger partial charge on any atom is -0.207 e. The maximum Gasteiger partial charge on any atom is 0.124 e. The topological polar surface area (TPSA) is 0 Å². The minimum atomic E-state index is -0.355. The van der Waals surface area contributed by atoms with Crippen LogP contribution in [0.5, 0.6) is 0 Å². The largest absolute Gasteiger partial charge is 0.207 e. The van der Waals surface area contributed by atoms with Crippen LogP contribution < -0.4 is 0 Å². The Morgan fingerprint density at radius 1 is 1.35 bits per heavy atom. The van der Waals surface area contributed by atoms with Gasteiger partial charge in [0.05, 0.1) is 9.16 Å². The maximum absolute atomic E-state index is 12.9. The summed E-state index contributed by atoms with van der Waals surface area (Å²) in [5.41, 5.74) is 1.86. The Labute approximate surface area is 121 Å². The van der Waals surface area contributed by atoms with Crippen molar-refractivity contribution < 1.29 is 4.39 Å². The molecule has 0 nitrogen and oxygen atoms in total. The minimum absolute atomic E-state index is 0.349. The summed E-state index contributed by atoms with van der Waals surface area (Å²) in [5, 5.41) is 0.00488. The average molecular weight is 354 g/mol. The Bertz CT molecular complexity index is 534. The van der Waals surface area contributed by atoms with E-state index in [0.717, 1.165) is 19.8 Å². The van der Waals surface area contributed by atoms with Crippen molar-refractivity contribution in [2.45, 2.75) is 12.3 Å². The zero-order valence-corrected chi connectivity index (χ0v) is 12.7. The number of thiophene rings is 1. The van der Waals surface area contributed by atoms with Crippen molar-refractivity contribution in [2.24, 2.45) is 0 Å². The first-order chi connectivity index (χ1) is 7.99. The van der Waals surface area contributed by atoms with E-state index in [2.05, 4.69) is 15.9 Å². The molecule has 0 saturated heterocycles. The molecule has 0 aliphatic carbocycles. The lowest BCUT2D eigenvalue weighted by Crippen LogP contribution is -1.92. The highest BCUT2D eigenvalue weighted by Gasteiger charge is 2.17. The lowest BCUT2D eigenvalue weighted by atomic mass is 10.1. The maximum atomic E-state index is 12.9. The third kappa shape index (κ3) is 2.84. The number of rotatable bonds is 2. The number of aryl methyl sites for hydroxylation is 1. The summed E-state index contributed by atoms with van der Waals surface area (Å²) in [6.45, 7) is 2.00. The highest BCUT2D eigenvalue weighted by Crippen LogP contribution is 2.40. The SMILES string of the molecule is Cc1cc(C(Cl)c2ccc(F)cc2Cl)sc1Br. The van der Waals surface area contributed by atoms with E-state index in [9.17, 15) is 4.39 Å². The van der Waals surface area contributed by atoms with Crippen LogP contribution in [0.2, 0.25) is 5.02 Å². The van der Waals surface area contributed by atoms with Gasteiger partial charge in [-0.2, -0.15) is 0 Å². The van der Waals surface area contributed by atoms with Gasteiger partial charge in [0.2, 0.25) is 0 Å². The first-order valence-corrected chi connectivity index (χ1v) is 7.26. The molecular formula is C12H8BrCl2FS. The fourth-order valence-corrected chi connectivity index (χ4v) is 3.76. The molecule has 90 valence electrons. The molecule has 17 heavy (non-hydrogen) atoms. The summed E-state index contributed by atoms with van der Waals surface area (Å²) in [7, 11) is 0. The summed E-state index contributed by atoms with van der Waals surface area (Å²) < 4.78 is 14.0. The van der Waals surface area contributed by atoms with E-state index in [1.165, 1.54) is 12.1 Å². The lowest BCUT2D eigenvalue weighted by Gasteiger charge is -2.09. The first-order valence-electron chi connectivity index (χ1n) is 4.84. The Balaban J connectivity index is 2.39. The van der Waals surface area contributed by atoms with E-state index < -0.39 is 0 Å². The van der Waals surface area contributed by atoms with Crippen LogP contribution >= 0.6 is 50.5 Å². The van der Waals surface area contributed by atoms with Gasteiger partial charge in [-0.1, -0.05) is 17.7 Å². The highest BCUT2D eigenvalue weighted by atomic mass is 79.9. The molecule has 1 unspecified atom stereocenters. The zero-order valence-electron chi connectivity index (χ0n) is 8.81. The van der Waals surface area contributed by atoms with Crippen molar-refractivity contribution in [1.82, 2.24) is 0 Å². The smallest absolute Gasteiger partial charge is 0.124 e. The molecule has 5 heteroatoms. The van der Waals surface area contributed by atoms with Gasteiger partial charge in [0.15, 0.2) is 0 Å². The summed E-state index contributed by atoms with van der Waals surface area (Å²) in [6.07, 6.45) is 0. The number of alkyl halides is 1. The van der Waals surface area contributed by atoms with Crippen molar-refractivity contribution in [3.63, 3.8) is 0 Å². The second kappa shape index (κ2) is 5.27. The Morgan fingerprint density at radius 2 is 2.06 bits per heavy atom. The molecule has 2 aromatic rings. The van der Waals surface area contributed by atoms with E-state index in [0.29, 0.717) is 5.02 Å². The van der Waals surface area contributed by atoms with Gasteiger partial charge in [-0.05, 0) is 52.2 Å². The standard InChI is InChI=1S/C12H8BrCl2FS/c1-6-4-10(17-12(6)13)11(15)8-3-2-7(16)5-9(8)14/h2-5,11H,1H3. The Kier molecular flexibility index (Phi) is 4.14. The predicted octanol–water partition coefficient (Wildman–Crippen LogP) is 5.94. The molecule has 0 radical (unpaired) electrons. The van der Waals surface area contributed by atoms with Gasteiger partial charge in [-0.25, -0.2) is 4.39 Å². The van der Waals surface area contributed by atoms with Crippen molar-refractivity contribution in [3.8, 4) is 0 Å². The van der Waals surface area contributed by atoms with Crippen LogP contribution in [-0.2, 0) is 0 Å². The van der Waals surface area contributed by atoms with Crippen molar-refractivity contribution >= 4 is 50.5 Å². The highest BCUT2D eigenvalue weighted by molar-refractivity contribution is 9.11. The number of halogens is 4. The van der Waals surface area contributed by atoms with Crippen molar-refractivity contribution in [3.05, 3.63) is 54.9 Å². The third-order valence-electron chi connectivity index (χ3n) is 2.36. The summed E-state index contributed by atoms with van der Waals surface area (Å²) in [5.74, 6) is -0.355. The van der Waals surface area contributed by atoms with Crippen LogP contribution in [0.1, 0.15) is 21.4 Å². The summed E-state index contributed by atoms with van der Waals surface area (Å²) >= 11 is 17.4. The van der Waals surface area contributed by atoms with E-state index in [-0.39, 0.29) is 11.2 Å². The van der Waals surface area contributed by atoms with Crippen molar-refractivity contribution in [1.29, 1.82) is 0 Å². The Hall–Kier alpha value is -0.0900. The van der Waals surface area contributed by atoms with Crippen LogP contribution in [0.3, 0.4) is 0 Å². The van der Waals surface area contributed by atoms with Gasteiger partial charge in [-0.3, -0.25) is 0 Å². The molecule has 1 heterocycles. The summed E-state index contributed by atoms with van der Waals surface area (Å²) in [4.78, 5) is 0.990. The number of benzene rings is 1. The quantitative estimate of drug-likeness (QED) is 0.586. The number of hydrogen-bond donors (Lipinski definition) is 0. The molecule has 1 aromatic heterocycles. The van der Waals surface area contributed by atoms with Gasteiger partial charge in [0, 0.05) is 9.90 Å². The molecule has 0 fully saturated rings. The van der Waals surface area contributed by atoms with E-state index in [1.807, 2.05) is 13.0 Å². The molecule has 0 amide bonds. The van der Waals surface area contributed by atoms with Crippen LogP contribution in [-0.4, -0.2) is 0 Å². The van der Waals surface area contributed by atoms with E-state index >= 15 is 0 Å². The van der Waals surface area contributed by atoms with E-state index in [4.69, 9.17) is 23.2 Å². The molecule has 1 atom stereocenters. The predicted molar refractivity (Wildman–Crippen MR) is 75.9 cm³/mol. The second-order valence-corrected chi connectivity index (χ2v) is 6.88. The first kappa shape index (κ1) is 13.3. The lowest BCUT2D eigenvalue weighted by molar-refractivity contribution is 0.627.